The molecule has 1 saturated heterocycles. The number of nitrogens with zero attached hydrogens (tertiary/aromatic N) is 3. The first-order valence-electron chi connectivity index (χ1n) is 8.26. The molecule has 0 amide bonds. The summed E-state index contributed by atoms with van der Waals surface area (Å²) < 4.78 is 5.15. The highest BCUT2D eigenvalue weighted by Crippen LogP contribution is 2.21. The fourth-order valence-electron chi connectivity index (χ4n) is 2.83. The Balaban J connectivity index is 1.53. The number of anilines is 2. The molecule has 1 aliphatic rings. The zero-order valence-corrected chi connectivity index (χ0v) is 15.2. The molecule has 8 heteroatoms. The molecule has 0 unspecified atom stereocenters. The van der Waals surface area contributed by atoms with Crippen molar-refractivity contribution in [2.75, 3.05) is 43.5 Å². The molecule has 2 aromatic carbocycles. The molecule has 0 aromatic heterocycles. The van der Waals surface area contributed by atoms with Crippen molar-refractivity contribution in [3.8, 4) is 5.75 Å². The van der Waals surface area contributed by atoms with Crippen LogP contribution < -0.4 is 15.0 Å². The molecule has 136 valence electrons. The summed E-state index contributed by atoms with van der Waals surface area (Å²) in [5, 5.41) is 14.7. The summed E-state index contributed by atoms with van der Waals surface area (Å²) in [6.07, 6.45) is 0. The van der Waals surface area contributed by atoms with Crippen molar-refractivity contribution in [1.82, 2.24) is 4.90 Å². The molecule has 0 aliphatic carbocycles. The summed E-state index contributed by atoms with van der Waals surface area (Å²) in [4.78, 5) is 14.7. The van der Waals surface area contributed by atoms with Crippen LogP contribution in [-0.4, -0.2) is 48.2 Å². The highest BCUT2D eigenvalue weighted by Gasteiger charge is 2.19. The van der Waals surface area contributed by atoms with Gasteiger partial charge in [0.2, 0.25) is 0 Å². The van der Waals surface area contributed by atoms with E-state index in [-0.39, 0.29) is 10.6 Å². The van der Waals surface area contributed by atoms with Crippen molar-refractivity contribution in [2.24, 2.45) is 0 Å². The summed E-state index contributed by atoms with van der Waals surface area (Å²) in [5.74, 6) is 0.804. The number of hydrogen-bond acceptors (Lipinski definition) is 5. The highest BCUT2D eigenvalue weighted by molar-refractivity contribution is 7.80. The molecule has 3 rings (SSSR count). The van der Waals surface area contributed by atoms with Crippen LogP contribution in [0.4, 0.5) is 17.1 Å². The number of nitrogens with one attached hydrogen (secondary N) is 1. The van der Waals surface area contributed by atoms with Crippen LogP contribution in [0.3, 0.4) is 0 Å². The van der Waals surface area contributed by atoms with E-state index in [1.165, 1.54) is 12.1 Å². The molecule has 26 heavy (non-hydrogen) atoms. The quantitative estimate of drug-likeness (QED) is 0.502. The van der Waals surface area contributed by atoms with Gasteiger partial charge >= 0.3 is 0 Å². The second kappa shape index (κ2) is 8.01. The van der Waals surface area contributed by atoms with Crippen molar-refractivity contribution in [2.45, 2.75) is 0 Å². The first-order valence-corrected chi connectivity index (χ1v) is 8.67. The maximum Gasteiger partial charge on any atom is 0.269 e. The maximum atomic E-state index is 10.7. The Morgan fingerprint density at radius 1 is 1.08 bits per heavy atom. The molecule has 7 nitrogen and oxygen atoms in total. The lowest BCUT2D eigenvalue weighted by atomic mass is 10.2. The van der Waals surface area contributed by atoms with Gasteiger partial charge < -0.3 is 19.9 Å². The van der Waals surface area contributed by atoms with E-state index >= 15 is 0 Å². The Labute approximate surface area is 157 Å². The SMILES string of the molecule is COc1ccc(NC(=S)N2CCN(c3ccc([N+](=O)[O-])cc3)CC2)cc1. The van der Waals surface area contributed by atoms with Crippen molar-refractivity contribution in [3.05, 3.63) is 58.6 Å². The van der Waals surface area contributed by atoms with Gasteiger partial charge in [0.25, 0.3) is 5.69 Å². The fraction of sp³-hybridized carbons (Fsp3) is 0.278. The zero-order chi connectivity index (χ0) is 18.5. The predicted octanol–water partition coefficient (Wildman–Crippen LogP) is 3.12. The monoisotopic (exact) mass is 372 g/mol. The van der Waals surface area contributed by atoms with E-state index in [1.54, 1.807) is 19.2 Å². The molecule has 0 spiro atoms. The highest BCUT2D eigenvalue weighted by atomic mass is 32.1. The first-order chi connectivity index (χ1) is 12.6. The molecule has 1 aliphatic heterocycles. The van der Waals surface area contributed by atoms with Gasteiger partial charge in [0, 0.05) is 49.7 Å². The fourth-order valence-corrected chi connectivity index (χ4v) is 3.13. The maximum absolute atomic E-state index is 10.7. The third-order valence-electron chi connectivity index (χ3n) is 4.33. The molecule has 1 fully saturated rings. The van der Waals surface area contributed by atoms with Gasteiger partial charge in [-0.2, -0.15) is 0 Å². The number of hydrogen-bond donors (Lipinski definition) is 1. The van der Waals surface area contributed by atoms with Crippen LogP contribution >= 0.6 is 12.2 Å². The lowest BCUT2D eigenvalue weighted by Gasteiger charge is -2.37. The second-order valence-electron chi connectivity index (χ2n) is 5.91. The lowest BCUT2D eigenvalue weighted by molar-refractivity contribution is -0.384. The van der Waals surface area contributed by atoms with Gasteiger partial charge in [-0.05, 0) is 48.6 Å². The van der Waals surface area contributed by atoms with Crippen molar-refractivity contribution in [1.29, 1.82) is 0 Å². The minimum Gasteiger partial charge on any atom is -0.497 e. The summed E-state index contributed by atoms with van der Waals surface area (Å²) in [6.45, 7) is 3.20. The molecule has 0 saturated carbocycles. The molecule has 1 heterocycles. The van der Waals surface area contributed by atoms with Gasteiger partial charge in [-0.15, -0.1) is 0 Å². The topological polar surface area (TPSA) is 70.9 Å². The van der Waals surface area contributed by atoms with Crippen LogP contribution in [0.25, 0.3) is 0 Å². The van der Waals surface area contributed by atoms with Crippen LogP contribution in [0.1, 0.15) is 0 Å². The summed E-state index contributed by atoms with van der Waals surface area (Å²) in [7, 11) is 1.64. The normalized spacial score (nSPS) is 14.0. The zero-order valence-electron chi connectivity index (χ0n) is 14.4. The number of piperazine rings is 1. The molecule has 1 N–H and O–H groups in total. The molecule has 0 bridgehead atoms. The predicted molar refractivity (Wildman–Crippen MR) is 106 cm³/mol. The average Bonchev–Trinajstić information content (AvgIpc) is 2.69. The molecule has 0 radical (unpaired) electrons. The number of methoxy groups -OCH3 is 1. The van der Waals surface area contributed by atoms with E-state index < -0.39 is 0 Å². The summed E-state index contributed by atoms with van der Waals surface area (Å²) >= 11 is 5.51. The Kier molecular flexibility index (Phi) is 5.52. The molecule has 2 aromatic rings. The van der Waals surface area contributed by atoms with E-state index in [9.17, 15) is 10.1 Å². The van der Waals surface area contributed by atoms with Crippen LogP contribution in [0, 0.1) is 10.1 Å². The van der Waals surface area contributed by atoms with Crippen LogP contribution in [0.5, 0.6) is 5.75 Å². The average molecular weight is 372 g/mol. The Hall–Kier alpha value is -2.87. The molecular formula is C18H20N4O3S. The van der Waals surface area contributed by atoms with E-state index in [0.29, 0.717) is 5.11 Å². The van der Waals surface area contributed by atoms with E-state index in [4.69, 9.17) is 17.0 Å². The second-order valence-corrected chi connectivity index (χ2v) is 6.29. The van der Waals surface area contributed by atoms with Crippen molar-refractivity contribution >= 4 is 34.4 Å². The number of non-ortho nitro benzene ring substituents is 1. The number of nitro groups is 1. The van der Waals surface area contributed by atoms with E-state index in [2.05, 4.69) is 15.1 Å². The van der Waals surface area contributed by atoms with E-state index in [0.717, 1.165) is 43.3 Å². The molecular weight excluding hydrogens is 352 g/mol. The Bertz CT molecular complexity index is 772. The van der Waals surface area contributed by atoms with Crippen LogP contribution in [-0.2, 0) is 0 Å². The summed E-state index contributed by atoms with van der Waals surface area (Å²) in [6, 6.07) is 14.3. The third kappa shape index (κ3) is 4.20. The lowest BCUT2D eigenvalue weighted by Crippen LogP contribution is -2.50. The van der Waals surface area contributed by atoms with Crippen LogP contribution in [0.15, 0.2) is 48.5 Å². The number of thiocarbonyl (C=S) groups is 1. The first kappa shape index (κ1) is 17.9. The summed E-state index contributed by atoms with van der Waals surface area (Å²) in [5.41, 5.74) is 2.02. The minimum atomic E-state index is -0.384. The Morgan fingerprint density at radius 3 is 2.23 bits per heavy atom. The smallest absolute Gasteiger partial charge is 0.269 e. The van der Waals surface area contributed by atoms with Crippen LogP contribution in [0.2, 0.25) is 0 Å². The van der Waals surface area contributed by atoms with Gasteiger partial charge in [0.05, 0.1) is 12.0 Å². The number of nitro benzene ring substituents is 1. The van der Waals surface area contributed by atoms with Crippen molar-refractivity contribution < 1.29 is 9.66 Å². The Morgan fingerprint density at radius 2 is 1.69 bits per heavy atom. The standard InChI is InChI=1S/C18H20N4O3S/c1-25-17-8-2-14(3-9-17)19-18(26)21-12-10-20(11-13-21)15-4-6-16(7-5-15)22(23)24/h2-9H,10-13H2,1H3,(H,19,26). The molecule has 0 atom stereocenters. The largest absolute Gasteiger partial charge is 0.497 e. The number of benzene rings is 2. The van der Waals surface area contributed by atoms with Gasteiger partial charge in [-0.1, -0.05) is 0 Å². The van der Waals surface area contributed by atoms with Gasteiger partial charge in [-0.25, -0.2) is 0 Å². The minimum absolute atomic E-state index is 0.109. The van der Waals surface area contributed by atoms with Gasteiger partial charge in [0.1, 0.15) is 5.75 Å². The van der Waals surface area contributed by atoms with Crippen molar-refractivity contribution in [3.63, 3.8) is 0 Å². The number of rotatable bonds is 4. The van der Waals surface area contributed by atoms with Gasteiger partial charge in [0.15, 0.2) is 5.11 Å². The van der Waals surface area contributed by atoms with Gasteiger partial charge in [-0.3, -0.25) is 10.1 Å². The van der Waals surface area contributed by atoms with E-state index in [1.807, 2.05) is 24.3 Å². The number of ether oxygens (including phenoxy) is 1. The third-order valence-corrected chi connectivity index (χ3v) is 4.69.